The number of hydrogen-bond donors (Lipinski definition) is 1. The highest BCUT2D eigenvalue weighted by Crippen LogP contribution is 2.25. The maximum absolute atomic E-state index is 12.9. The van der Waals surface area contributed by atoms with Crippen molar-refractivity contribution in [1.29, 1.82) is 0 Å². The number of aromatic nitrogens is 3. The molecule has 2 aromatic heterocycles. The third-order valence-electron chi connectivity index (χ3n) is 4.87. The van der Waals surface area contributed by atoms with E-state index in [-0.39, 0.29) is 35.2 Å². The second-order valence-corrected chi connectivity index (χ2v) is 7.23. The lowest BCUT2D eigenvalue weighted by molar-refractivity contribution is -0.122. The van der Waals surface area contributed by atoms with Gasteiger partial charge >= 0.3 is 0 Å². The minimum absolute atomic E-state index is 0.0799. The van der Waals surface area contributed by atoms with Crippen LogP contribution in [0.15, 0.2) is 39.9 Å². The molecule has 8 heteroatoms. The fraction of sp³-hybridized carbons (Fsp3) is 0.368. The molecule has 1 aromatic carbocycles. The molecule has 0 atom stereocenters. The van der Waals surface area contributed by atoms with Crippen molar-refractivity contribution in [2.24, 2.45) is 0 Å². The number of nitrogens with one attached hydrogen (secondary N) is 1. The first-order valence-corrected chi connectivity index (χ1v) is 9.40. The van der Waals surface area contributed by atoms with E-state index in [1.165, 1.54) is 17.3 Å². The second kappa shape index (κ2) is 7.52. The molecule has 0 unspecified atom stereocenters. The lowest BCUT2D eigenvalue weighted by atomic mass is 9.95. The predicted octanol–water partition coefficient (Wildman–Crippen LogP) is 3.15. The zero-order chi connectivity index (χ0) is 18.8. The number of rotatable bonds is 4. The van der Waals surface area contributed by atoms with Crippen LogP contribution in [0.1, 0.15) is 32.1 Å². The highest BCUT2D eigenvalue weighted by Gasteiger charge is 2.19. The molecular formula is C19H19ClN4O3. The Morgan fingerprint density at radius 1 is 1.22 bits per heavy atom. The SMILES string of the molecule is O=C(Cn1cnc2onc(-c3ccc(Cl)cc3)c2c1=O)NC1CCCCC1. The monoisotopic (exact) mass is 386 g/mol. The normalized spacial score (nSPS) is 15.1. The fourth-order valence-electron chi connectivity index (χ4n) is 3.47. The maximum Gasteiger partial charge on any atom is 0.267 e. The molecule has 0 bridgehead atoms. The van der Waals surface area contributed by atoms with Crippen molar-refractivity contribution in [2.45, 2.75) is 44.7 Å². The smallest absolute Gasteiger partial charge is 0.267 e. The van der Waals surface area contributed by atoms with E-state index < -0.39 is 0 Å². The van der Waals surface area contributed by atoms with E-state index in [9.17, 15) is 9.59 Å². The fourth-order valence-corrected chi connectivity index (χ4v) is 3.60. The Morgan fingerprint density at radius 3 is 2.70 bits per heavy atom. The highest BCUT2D eigenvalue weighted by atomic mass is 35.5. The zero-order valence-corrected chi connectivity index (χ0v) is 15.4. The minimum Gasteiger partial charge on any atom is -0.352 e. The molecule has 1 amide bonds. The molecule has 7 nitrogen and oxygen atoms in total. The summed E-state index contributed by atoms with van der Waals surface area (Å²) in [6.45, 7) is -0.0799. The lowest BCUT2D eigenvalue weighted by Crippen LogP contribution is -2.39. The van der Waals surface area contributed by atoms with E-state index in [0.29, 0.717) is 16.3 Å². The Hall–Kier alpha value is -2.67. The van der Waals surface area contributed by atoms with Gasteiger partial charge in [-0.15, -0.1) is 0 Å². The number of carbonyl (C=O) groups excluding carboxylic acids is 1. The van der Waals surface area contributed by atoms with Crippen LogP contribution >= 0.6 is 11.6 Å². The molecule has 1 N–H and O–H groups in total. The first kappa shape index (κ1) is 17.7. The Labute approximate surface area is 160 Å². The molecule has 0 radical (unpaired) electrons. The summed E-state index contributed by atoms with van der Waals surface area (Å²) in [7, 11) is 0. The van der Waals surface area contributed by atoms with Gasteiger partial charge in [0.05, 0.1) is 0 Å². The van der Waals surface area contributed by atoms with Crippen LogP contribution in [0.25, 0.3) is 22.4 Å². The number of hydrogen-bond acceptors (Lipinski definition) is 5. The van der Waals surface area contributed by atoms with Crippen molar-refractivity contribution in [2.75, 3.05) is 0 Å². The molecule has 1 aliphatic carbocycles. The maximum atomic E-state index is 12.9. The second-order valence-electron chi connectivity index (χ2n) is 6.80. The van der Waals surface area contributed by atoms with E-state index in [0.717, 1.165) is 25.7 Å². The molecule has 27 heavy (non-hydrogen) atoms. The molecule has 0 aliphatic heterocycles. The van der Waals surface area contributed by atoms with Crippen LogP contribution in [0.3, 0.4) is 0 Å². The number of amides is 1. The summed E-state index contributed by atoms with van der Waals surface area (Å²) < 4.78 is 6.48. The lowest BCUT2D eigenvalue weighted by Gasteiger charge is -2.22. The number of benzene rings is 1. The average molecular weight is 387 g/mol. The van der Waals surface area contributed by atoms with Crippen molar-refractivity contribution in [3.8, 4) is 11.3 Å². The molecule has 1 fully saturated rings. The van der Waals surface area contributed by atoms with E-state index >= 15 is 0 Å². The van der Waals surface area contributed by atoms with Gasteiger partial charge in [-0.1, -0.05) is 48.2 Å². The molecular weight excluding hydrogens is 368 g/mol. The topological polar surface area (TPSA) is 90.0 Å². The Morgan fingerprint density at radius 2 is 1.96 bits per heavy atom. The quantitative estimate of drug-likeness (QED) is 0.743. The van der Waals surface area contributed by atoms with Gasteiger partial charge in [-0.3, -0.25) is 14.2 Å². The Balaban J connectivity index is 1.61. The summed E-state index contributed by atoms with van der Waals surface area (Å²) >= 11 is 5.92. The predicted molar refractivity (Wildman–Crippen MR) is 102 cm³/mol. The minimum atomic E-state index is -0.356. The van der Waals surface area contributed by atoms with Crippen molar-refractivity contribution < 1.29 is 9.32 Å². The van der Waals surface area contributed by atoms with Crippen molar-refractivity contribution in [1.82, 2.24) is 20.0 Å². The molecule has 4 rings (SSSR count). The van der Waals surface area contributed by atoms with Gasteiger partial charge < -0.3 is 9.84 Å². The van der Waals surface area contributed by atoms with Crippen LogP contribution in [0.5, 0.6) is 0 Å². The Kier molecular flexibility index (Phi) is 4.94. The van der Waals surface area contributed by atoms with Crippen LogP contribution in [-0.2, 0) is 11.3 Å². The molecule has 0 spiro atoms. The number of fused-ring (bicyclic) bond motifs is 1. The molecule has 1 aliphatic rings. The van der Waals surface area contributed by atoms with Crippen LogP contribution in [0, 0.1) is 0 Å². The van der Waals surface area contributed by atoms with Gasteiger partial charge in [0.25, 0.3) is 11.3 Å². The number of nitrogens with zero attached hydrogens (tertiary/aromatic N) is 3. The zero-order valence-electron chi connectivity index (χ0n) is 14.7. The molecule has 2 heterocycles. The van der Waals surface area contributed by atoms with Crippen LogP contribution in [0.2, 0.25) is 5.02 Å². The van der Waals surface area contributed by atoms with E-state index in [4.69, 9.17) is 16.1 Å². The third kappa shape index (κ3) is 3.73. The number of halogens is 1. The van der Waals surface area contributed by atoms with E-state index in [1.807, 2.05) is 0 Å². The van der Waals surface area contributed by atoms with Crippen molar-refractivity contribution >= 4 is 28.6 Å². The highest BCUT2D eigenvalue weighted by molar-refractivity contribution is 6.30. The van der Waals surface area contributed by atoms with Gasteiger partial charge in [0.15, 0.2) is 0 Å². The van der Waals surface area contributed by atoms with Crippen LogP contribution < -0.4 is 10.9 Å². The largest absolute Gasteiger partial charge is 0.352 e. The number of carbonyl (C=O) groups is 1. The first-order valence-electron chi connectivity index (χ1n) is 9.02. The average Bonchev–Trinajstić information content (AvgIpc) is 3.10. The summed E-state index contributed by atoms with van der Waals surface area (Å²) in [5.74, 6) is -0.186. The standard InChI is InChI=1S/C19H19ClN4O3/c20-13-8-6-12(7-9-13)17-16-18(27-23-17)21-11-24(19(16)26)10-15(25)22-14-4-2-1-3-5-14/h6-9,11,14H,1-5,10H2,(H,22,25). The van der Waals surface area contributed by atoms with Gasteiger partial charge in [-0.25, -0.2) is 4.98 Å². The summed E-state index contributed by atoms with van der Waals surface area (Å²) in [5.41, 5.74) is 0.876. The van der Waals surface area contributed by atoms with Gasteiger partial charge in [-0.2, -0.15) is 0 Å². The molecule has 0 saturated heterocycles. The van der Waals surface area contributed by atoms with Gasteiger partial charge in [-0.05, 0) is 25.0 Å². The summed E-state index contributed by atoms with van der Waals surface area (Å²) in [6, 6.07) is 7.13. The van der Waals surface area contributed by atoms with Gasteiger partial charge in [0.1, 0.15) is 24.0 Å². The summed E-state index contributed by atoms with van der Waals surface area (Å²) in [5, 5.41) is 7.82. The van der Waals surface area contributed by atoms with Crippen LogP contribution in [0.4, 0.5) is 0 Å². The van der Waals surface area contributed by atoms with E-state index in [2.05, 4.69) is 15.5 Å². The summed E-state index contributed by atoms with van der Waals surface area (Å²) in [4.78, 5) is 29.4. The van der Waals surface area contributed by atoms with Gasteiger partial charge in [0, 0.05) is 16.6 Å². The molecule has 3 aromatic rings. The first-order chi connectivity index (χ1) is 13.1. The van der Waals surface area contributed by atoms with Gasteiger partial charge in [0.2, 0.25) is 5.91 Å². The van der Waals surface area contributed by atoms with Crippen molar-refractivity contribution in [3.05, 3.63) is 46.0 Å². The van der Waals surface area contributed by atoms with Crippen LogP contribution in [-0.4, -0.2) is 26.7 Å². The third-order valence-corrected chi connectivity index (χ3v) is 5.12. The van der Waals surface area contributed by atoms with Crippen molar-refractivity contribution in [3.63, 3.8) is 0 Å². The Bertz CT molecular complexity index is 1020. The van der Waals surface area contributed by atoms with E-state index in [1.54, 1.807) is 24.3 Å². The molecule has 140 valence electrons. The summed E-state index contributed by atoms with van der Waals surface area (Å²) in [6.07, 6.45) is 6.77. The molecule has 1 saturated carbocycles.